The maximum atomic E-state index is 12.7. The number of hydrogen-bond acceptors (Lipinski definition) is 3. The van der Waals surface area contributed by atoms with Crippen LogP contribution in [0.25, 0.3) is 0 Å². The van der Waals surface area contributed by atoms with Crippen LogP contribution >= 0.6 is 0 Å². The number of carbonyl (C=O) groups is 3. The number of amides is 2. The van der Waals surface area contributed by atoms with E-state index in [1.807, 2.05) is 0 Å². The second kappa shape index (κ2) is 8.69. The standard InChI is InChI=1S/C22H21F3N2O3/c1-14(28)15-4-8-19(9-5-15)26-20(29)16-10-12-27(13-11-16)21(30)17-2-6-18(7-3-17)22(23,24)25/h2-9,16H,10-13H2,1H3,(H,26,29). The van der Waals surface area contributed by atoms with Crippen LogP contribution in [0.1, 0.15) is 46.0 Å². The molecular weight excluding hydrogens is 397 g/mol. The molecule has 0 spiro atoms. The Bertz CT molecular complexity index is 930. The largest absolute Gasteiger partial charge is 0.416 e. The van der Waals surface area contributed by atoms with Gasteiger partial charge in [0.15, 0.2) is 5.78 Å². The minimum Gasteiger partial charge on any atom is -0.339 e. The predicted octanol–water partition coefficient (Wildman–Crippen LogP) is 4.40. The highest BCUT2D eigenvalue weighted by molar-refractivity contribution is 5.97. The number of carbonyl (C=O) groups excluding carboxylic acids is 3. The van der Waals surface area contributed by atoms with Gasteiger partial charge in [-0.1, -0.05) is 0 Å². The molecule has 30 heavy (non-hydrogen) atoms. The van der Waals surface area contributed by atoms with Crippen molar-refractivity contribution >= 4 is 23.3 Å². The molecule has 0 aromatic heterocycles. The second-order valence-corrected chi connectivity index (χ2v) is 7.26. The Morgan fingerprint density at radius 3 is 1.93 bits per heavy atom. The topological polar surface area (TPSA) is 66.5 Å². The lowest BCUT2D eigenvalue weighted by atomic mass is 9.95. The fourth-order valence-electron chi connectivity index (χ4n) is 3.36. The van der Waals surface area contributed by atoms with Crippen molar-refractivity contribution in [2.24, 2.45) is 5.92 Å². The number of anilines is 1. The normalized spacial score (nSPS) is 15.0. The molecule has 0 unspecified atom stereocenters. The molecule has 1 fully saturated rings. The zero-order chi connectivity index (χ0) is 21.9. The van der Waals surface area contributed by atoms with Gasteiger partial charge in [0, 0.05) is 35.8 Å². The summed E-state index contributed by atoms with van der Waals surface area (Å²) < 4.78 is 38.0. The number of nitrogens with zero attached hydrogens (tertiary/aromatic N) is 1. The Morgan fingerprint density at radius 1 is 0.900 bits per heavy atom. The van der Waals surface area contributed by atoms with Crippen molar-refractivity contribution < 1.29 is 27.6 Å². The fraction of sp³-hybridized carbons (Fsp3) is 0.318. The number of benzene rings is 2. The number of hydrogen-bond donors (Lipinski definition) is 1. The van der Waals surface area contributed by atoms with Crippen LogP contribution in [0.5, 0.6) is 0 Å². The first-order valence-electron chi connectivity index (χ1n) is 9.53. The number of ketones is 1. The Kier molecular flexibility index (Phi) is 6.24. The SMILES string of the molecule is CC(=O)c1ccc(NC(=O)C2CCN(C(=O)c3ccc(C(F)(F)F)cc3)CC2)cc1. The highest BCUT2D eigenvalue weighted by Gasteiger charge is 2.31. The second-order valence-electron chi connectivity index (χ2n) is 7.26. The molecule has 158 valence electrons. The van der Waals surface area contributed by atoms with E-state index >= 15 is 0 Å². The van der Waals surface area contributed by atoms with E-state index in [-0.39, 0.29) is 29.1 Å². The molecule has 8 heteroatoms. The molecule has 5 nitrogen and oxygen atoms in total. The molecule has 3 rings (SSSR count). The summed E-state index contributed by atoms with van der Waals surface area (Å²) in [5, 5.41) is 2.81. The van der Waals surface area contributed by atoms with Crippen molar-refractivity contribution in [1.82, 2.24) is 4.90 Å². The molecule has 0 bridgehead atoms. The van der Waals surface area contributed by atoms with Crippen LogP contribution in [0, 0.1) is 5.92 Å². The molecular formula is C22H21F3N2O3. The predicted molar refractivity (Wildman–Crippen MR) is 105 cm³/mol. The first kappa shape index (κ1) is 21.5. The average molecular weight is 418 g/mol. The molecule has 1 N–H and O–H groups in total. The van der Waals surface area contributed by atoms with Crippen molar-refractivity contribution in [2.45, 2.75) is 25.9 Å². The van der Waals surface area contributed by atoms with E-state index in [1.54, 1.807) is 29.2 Å². The maximum Gasteiger partial charge on any atom is 0.416 e. The fourth-order valence-corrected chi connectivity index (χ4v) is 3.36. The Morgan fingerprint density at radius 2 is 1.43 bits per heavy atom. The van der Waals surface area contributed by atoms with Gasteiger partial charge in [-0.25, -0.2) is 0 Å². The minimum atomic E-state index is -4.44. The van der Waals surface area contributed by atoms with Crippen LogP contribution < -0.4 is 5.32 Å². The van der Waals surface area contributed by atoms with Crippen LogP contribution in [-0.4, -0.2) is 35.6 Å². The monoisotopic (exact) mass is 418 g/mol. The van der Waals surface area contributed by atoms with Crippen LogP contribution in [0.2, 0.25) is 0 Å². The van der Waals surface area contributed by atoms with Gasteiger partial charge in [-0.3, -0.25) is 14.4 Å². The summed E-state index contributed by atoms with van der Waals surface area (Å²) in [5.41, 5.74) is 0.540. The third-order valence-corrected chi connectivity index (χ3v) is 5.17. The lowest BCUT2D eigenvalue weighted by molar-refractivity contribution is -0.137. The van der Waals surface area contributed by atoms with Crippen LogP contribution in [0.4, 0.5) is 18.9 Å². The number of halogens is 3. The summed E-state index contributed by atoms with van der Waals surface area (Å²) in [5.74, 6) is -0.832. The summed E-state index contributed by atoms with van der Waals surface area (Å²) in [6.45, 7) is 2.16. The van der Waals surface area contributed by atoms with Crippen molar-refractivity contribution in [3.05, 3.63) is 65.2 Å². The quantitative estimate of drug-likeness (QED) is 0.749. The van der Waals surface area contributed by atoms with Crippen LogP contribution in [0.15, 0.2) is 48.5 Å². The molecule has 2 aromatic rings. The highest BCUT2D eigenvalue weighted by Crippen LogP contribution is 2.29. The Balaban J connectivity index is 1.54. The summed E-state index contributed by atoms with van der Waals surface area (Å²) in [7, 11) is 0. The average Bonchev–Trinajstić information content (AvgIpc) is 2.73. The number of likely N-dealkylation sites (tertiary alicyclic amines) is 1. The van der Waals surface area contributed by atoms with Gasteiger partial charge in [0.05, 0.1) is 5.56 Å². The molecule has 1 saturated heterocycles. The molecule has 0 aliphatic carbocycles. The van der Waals surface area contributed by atoms with Crippen LogP contribution in [0.3, 0.4) is 0 Å². The van der Waals surface area contributed by atoms with Crippen LogP contribution in [-0.2, 0) is 11.0 Å². The highest BCUT2D eigenvalue weighted by atomic mass is 19.4. The smallest absolute Gasteiger partial charge is 0.339 e. The van der Waals surface area contributed by atoms with E-state index in [0.29, 0.717) is 37.2 Å². The van der Waals surface area contributed by atoms with E-state index in [2.05, 4.69) is 5.32 Å². The van der Waals surface area contributed by atoms with Crippen molar-refractivity contribution in [1.29, 1.82) is 0 Å². The molecule has 2 aromatic carbocycles. The molecule has 0 atom stereocenters. The molecule has 0 radical (unpaired) electrons. The maximum absolute atomic E-state index is 12.7. The minimum absolute atomic E-state index is 0.0574. The zero-order valence-electron chi connectivity index (χ0n) is 16.3. The van der Waals surface area contributed by atoms with Crippen molar-refractivity contribution in [3.8, 4) is 0 Å². The van der Waals surface area contributed by atoms with Gasteiger partial charge >= 0.3 is 6.18 Å². The first-order chi connectivity index (χ1) is 14.1. The zero-order valence-corrected chi connectivity index (χ0v) is 16.3. The molecule has 1 aliphatic rings. The first-order valence-corrected chi connectivity index (χ1v) is 9.53. The molecule has 1 aliphatic heterocycles. The lowest BCUT2D eigenvalue weighted by Crippen LogP contribution is -2.41. The summed E-state index contributed by atoms with van der Waals surface area (Å²) >= 11 is 0. The summed E-state index contributed by atoms with van der Waals surface area (Å²) in [6.07, 6.45) is -3.52. The third-order valence-electron chi connectivity index (χ3n) is 5.17. The number of alkyl halides is 3. The molecule has 1 heterocycles. The van der Waals surface area contributed by atoms with Gasteiger partial charge in [-0.15, -0.1) is 0 Å². The van der Waals surface area contributed by atoms with Crippen molar-refractivity contribution in [3.63, 3.8) is 0 Å². The van der Waals surface area contributed by atoms with E-state index in [4.69, 9.17) is 0 Å². The van der Waals surface area contributed by atoms with E-state index in [1.165, 1.54) is 19.1 Å². The van der Waals surface area contributed by atoms with Gasteiger partial charge < -0.3 is 10.2 Å². The van der Waals surface area contributed by atoms with Gasteiger partial charge in [0.2, 0.25) is 5.91 Å². The number of nitrogens with one attached hydrogen (secondary N) is 1. The van der Waals surface area contributed by atoms with E-state index < -0.39 is 11.7 Å². The Labute approximate surface area is 171 Å². The summed E-state index contributed by atoms with van der Waals surface area (Å²) in [4.78, 5) is 37.9. The number of rotatable bonds is 4. The number of piperidine rings is 1. The van der Waals surface area contributed by atoms with Gasteiger partial charge in [0.25, 0.3) is 5.91 Å². The van der Waals surface area contributed by atoms with Gasteiger partial charge in [0.1, 0.15) is 0 Å². The lowest BCUT2D eigenvalue weighted by Gasteiger charge is -2.31. The third kappa shape index (κ3) is 5.06. The van der Waals surface area contributed by atoms with E-state index in [0.717, 1.165) is 12.1 Å². The van der Waals surface area contributed by atoms with Crippen molar-refractivity contribution in [2.75, 3.05) is 18.4 Å². The van der Waals surface area contributed by atoms with Gasteiger partial charge in [-0.2, -0.15) is 13.2 Å². The van der Waals surface area contributed by atoms with Gasteiger partial charge in [-0.05, 0) is 68.3 Å². The molecule has 0 saturated carbocycles. The van der Waals surface area contributed by atoms with E-state index in [9.17, 15) is 27.6 Å². The summed E-state index contributed by atoms with van der Waals surface area (Å²) in [6, 6.07) is 10.8. The molecule has 2 amide bonds. The number of Topliss-reactive ketones (excluding diaryl/α,β-unsaturated/α-hetero) is 1. The Hall–Kier alpha value is -3.16.